The summed E-state index contributed by atoms with van der Waals surface area (Å²) in [6.07, 6.45) is -2.69. The van der Waals surface area contributed by atoms with E-state index in [9.17, 15) is 18.0 Å². The molecule has 2 heterocycles. The van der Waals surface area contributed by atoms with Gasteiger partial charge in [-0.15, -0.1) is 0 Å². The number of halogens is 3. The van der Waals surface area contributed by atoms with Gasteiger partial charge in [-0.3, -0.25) is 4.90 Å². The normalized spacial score (nSPS) is 16.6. The van der Waals surface area contributed by atoms with E-state index in [1.165, 1.54) is 18.2 Å². The van der Waals surface area contributed by atoms with Crippen molar-refractivity contribution in [1.82, 2.24) is 9.88 Å². The maximum absolute atomic E-state index is 12.2. The van der Waals surface area contributed by atoms with E-state index in [4.69, 9.17) is 0 Å². The molecule has 1 aliphatic heterocycles. The average Bonchev–Trinajstić information content (AvgIpc) is 2.34. The fraction of sp³-hybridized carbons (Fsp3) is 0.500. The lowest BCUT2D eigenvalue weighted by Gasteiger charge is -2.40. The minimum absolute atomic E-state index is 0.157. The number of carbonyl (C=O) groups is 1. The lowest BCUT2D eigenvalue weighted by molar-refractivity contribution is -0.153. The summed E-state index contributed by atoms with van der Waals surface area (Å²) in [7, 11) is 1.26. The lowest BCUT2D eigenvalue weighted by atomic mass is 10.1. The molecule has 0 saturated carbocycles. The highest BCUT2D eigenvalue weighted by Gasteiger charge is 2.37. The molecule has 0 spiro atoms. The molecule has 0 radical (unpaired) electrons. The van der Waals surface area contributed by atoms with Crippen molar-refractivity contribution >= 4 is 11.8 Å². The third-order valence-corrected chi connectivity index (χ3v) is 2.91. The topological polar surface area (TPSA) is 54.5 Å². The van der Waals surface area contributed by atoms with Crippen LogP contribution < -0.4 is 5.32 Å². The first kappa shape index (κ1) is 14.6. The second kappa shape index (κ2) is 5.66. The summed E-state index contributed by atoms with van der Waals surface area (Å²) >= 11 is 0. The molecule has 1 saturated heterocycles. The summed E-state index contributed by atoms with van der Waals surface area (Å²) in [6, 6.07) is 2.98. The number of nitrogens with zero attached hydrogens (tertiary/aromatic N) is 2. The van der Waals surface area contributed by atoms with Crippen LogP contribution in [-0.4, -0.2) is 54.8 Å². The Morgan fingerprint density at radius 2 is 2.25 bits per heavy atom. The summed E-state index contributed by atoms with van der Waals surface area (Å²) in [5.74, 6) is -0.205. The molecule has 1 aromatic heterocycles. The summed E-state index contributed by atoms with van der Waals surface area (Å²) in [4.78, 5) is 16.8. The summed E-state index contributed by atoms with van der Waals surface area (Å²) in [5.41, 5.74) is 0.268. The van der Waals surface area contributed by atoms with Gasteiger partial charge in [-0.05, 0) is 12.1 Å². The van der Waals surface area contributed by atoms with E-state index in [1.807, 2.05) is 0 Å². The van der Waals surface area contributed by atoms with Gasteiger partial charge in [0.2, 0.25) is 0 Å². The van der Waals surface area contributed by atoms with Crippen LogP contribution in [0.5, 0.6) is 0 Å². The van der Waals surface area contributed by atoms with E-state index in [1.54, 1.807) is 12.1 Å². The number of pyridine rings is 1. The molecule has 1 aliphatic rings. The zero-order valence-corrected chi connectivity index (χ0v) is 10.8. The van der Waals surface area contributed by atoms with Gasteiger partial charge >= 0.3 is 12.1 Å². The van der Waals surface area contributed by atoms with Gasteiger partial charge in [-0.2, -0.15) is 13.2 Å². The molecule has 0 aromatic carbocycles. The number of ether oxygens (including phenoxy) is 1. The molecule has 1 aromatic rings. The van der Waals surface area contributed by atoms with Crippen molar-refractivity contribution in [3.8, 4) is 0 Å². The first-order valence-corrected chi connectivity index (χ1v) is 5.98. The number of anilines is 1. The Bertz CT molecular complexity index is 487. The lowest BCUT2D eigenvalue weighted by Crippen LogP contribution is -2.57. The molecule has 0 bridgehead atoms. The number of hydrogen-bond acceptors (Lipinski definition) is 5. The molecule has 110 valence electrons. The van der Waals surface area contributed by atoms with Crippen LogP contribution in [0.3, 0.4) is 0 Å². The number of carbonyl (C=O) groups excluding carboxylic acids is 1. The number of rotatable bonds is 4. The molecule has 0 unspecified atom stereocenters. The molecule has 1 N–H and O–H groups in total. The maximum Gasteiger partial charge on any atom is 0.401 e. The van der Waals surface area contributed by atoms with Crippen LogP contribution in [0, 0.1) is 0 Å². The monoisotopic (exact) mass is 289 g/mol. The number of alkyl halides is 3. The standard InChI is InChI=1S/C12H14F3N3O2/c1-20-11(19)9-3-2-4-16-10(9)17-8-5-18(6-8)7-12(13,14)15/h2-4,8H,5-7H2,1H3,(H,16,17). The van der Waals surface area contributed by atoms with Crippen LogP contribution in [0.1, 0.15) is 10.4 Å². The second-order valence-electron chi connectivity index (χ2n) is 4.54. The third kappa shape index (κ3) is 3.60. The largest absolute Gasteiger partial charge is 0.465 e. The Kier molecular flexibility index (Phi) is 4.12. The first-order valence-electron chi connectivity index (χ1n) is 5.98. The van der Waals surface area contributed by atoms with Crippen molar-refractivity contribution in [3.05, 3.63) is 23.9 Å². The molecule has 0 aliphatic carbocycles. The molecule has 5 nitrogen and oxygen atoms in total. The molecule has 0 amide bonds. The molecule has 8 heteroatoms. The van der Waals surface area contributed by atoms with Crippen molar-refractivity contribution in [3.63, 3.8) is 0 Å². The highest BCUT2D eigenvalue weighted by atomic mass is 19.4. The quantitative estimate of drug-likeness (QED) is 0.852. The Balaban J connectivity index is 1.92. The fourth-order valence-corrected chi connectivity index (χ4v) is 2.03. The maximum atomic E-state index is 12.2. The zero-order chi connectivity index (χ0) is 14.8. The second-order valence-corrected chi connectivity index (χ2v) is 4.54. The highest BCUT2D eigenvalue weighted by molar-refractivity contribution is 5.94. The van der Waals surface area contributed by atoms with Crippen molar-refractivity contribution in [2.45, 2.75) is 12.2 Å². The van der Waals surface area contributed by atoms with E-state index in [-0.39, 0.29) is 24.7 Å². The van der Waals surface area contributed by atoms with Gasteiger partial charge in [0.15, 0.2) is 0 Å². The van der Waals surface area contributed by atoms with Crippen molar-refractivity contribution in [2.24, 2.45) is 0 Å². The van der Waals surface area contributed by atoms with Gasteiger partial charge in [0, 0.05) is 19.3 Å². The summed E-state index contributed by atoms with van der Waals surface area (Å²) in [6.45, 7) is -0.398. The van der Waals surface area contributed by atoms with Crippen molar-refractivity contribution in [2.75, 3.05) is 32.1 Å². The predicted octanol–water partition coefficient (Wildman–Crippen LogP) is 1.53. The van der Waals surface area contributed by atoms with E-state index in [0.29, 0.717) is 5.82 Å². The molecule has 0 atom stereocenters. The number of likely N-dealkylation sites (tertiary alicyclic amines) is 1. The molecule has 20 heavy (non-hydrogen) atoms. The Hall–Kier alpha value is -1.83. The van der Waals surface area contributed by atoms with Crippen LogP contribution in [0.4, 0.5) is 19.0 Å². The molecular weight excluding hydrogens is 275 g/mol. The third-order valence-electron chi connectivity index (χ3n) is 2.91. The number of nitrogens with one attached hydrogen (secondary N) is 1. The van der Waals surface area contributed by atoms with Crippen molar-refractivity contribution < 1.29 is 22.7 Å². The van der Waals surface area contributed by atoms with Crippen molar-refractivity contribution in [1.29, 1.82) is 0 Å². The minimum atomic E-state index is -4.19. The molecule has 1 fully saturated rings. The van der Waals surface area contributed by atoms with Crippen LogP contribution in [0.25, 0.3) is 0 Å². The molecule has 2 rings (SSSR count). The highest BCUT2D eigenvalue weighted by Crippen LogP contribution is 2.22. The zero-order valence-electron chi connectivity index (χ0n) is 10.8. The number of hydrogen-bond donors (Lipinski definition) is 1. The number of esters is 1. The molecular formula is C12H14F3N3O2. The SMILES string of the molecule is COC(=O)c1cccnc1NC1CN(CC(F)(F)F)C1. The van der Waals surface area contributed by atoms with Crippen LogP contribution >= 0.6 is 0 Å². The van der Waals surface area contributed by atoms with E-state index in [0.717, 1.165) is 0 Å². The van der Waals surface area contributed by atoms with E-state index in [2.05, 4.69) is 15.0 Å². The van der Waals surface area contributed by atoms with Crippen LogP contribution in [-0.2, 0) is 4.74 Å². The summed E-state index contributed by atoms with van der Waals surface area (Å²) in [5, 5.41) is 2.96. The van der Waals surface area contributed by atoms with Gasteiger partial charge in [-0.1, -0.05) is 0 Å². The van der Waals surface area contributed by atoms with Gasteiger partial charge < -0.3 is 10.1 Å². The van der Waals surface area contributed by atoms with Crippen LogP contribution in [0.2, 0.25) is 0 Å². The minimum Gasteiger partial charge on any atom is -0.465 e. The van der Waals surface area contributed by atoms with Crippen LogP contribution in [0.15, 0.2) is 18.3 Å². The average molecular weight is 289 g/mol. The number of aromatic nitrogens is 1. The smallest absolute Gasteiger partial charge is 0.401 e. The first-order chi connectivity index (χ1) is 9.39. The van der Waals surface area contributed by atoms with E-state index < -0.39 is 18.7 Å². The summed E-state index contributed by atoms with van der Waals surface area (Å²) < 4.78 is 41.1. The van der Waals surface area contributed by atoms with E-state index >= 15 is 0 Å². The van der Waals surface area contributed by atoms with Gasteiger partial charge in [-0.25, -0.2) is 9.78 Å². The Morgan fingerprint density at radius 3 is 2.85 bits per heavy atom. The van der Waals surface area contributed by atoms with Gasteiger partial charge in [0.1, 0.15) is 11.4 Å². The van der Waals surface area contributed by atoms with Gasteiger partial charge in [0.25, 0.3) is 0 Å². The Morgan fingerprint density at radius 1 is 1.55 bits per heavy atom. The predicted molar refractivity (Wildman–Crippen MR) is 65.5 cm³/mol. The number of methoxy groups -OCH3 is 1. The van der Waals surface area contributed by atoms with Gasteiger partial charge in [0.05, 0.1) is 19.7 Å². The fourth-order valence-electron chi connectivity index (χ4n) is 2.03. The Labute approximate surface area is 113 Å².